The molecule has 1 aliphatic rings. The number of methoxy groups -OCH3 is 1. The number of pyridine rings is 1. The van der Waals surface area contributed by atoms with Crippen molar-refractivity contribution in [3.05, 3.63) is 60.3 Å². The summed E-state index contributed by atoms with van der Waals surface area (Å²) in [7, 11) is 1.69. The first-order valence-corrected chi connectivity index (χ1v) is 8.00. The van der Waals surface area contributed by atoms with Crippen LogP contribution in [0.25, 0.3) is 22.0 Å². The van der Waals surface area contributed by atoms with Gasteiger partial charge in [-0.2, -0.15) is 0 Å². The number of ether oxygens (including phenoxy) is 2. The molecular weight excluding hydrogens is 286 g/mol. The maximum absolute atomic E-state index is 5.93. The van der Waals surface area contributed by atoms with Crippen LogP contribution in [0.5, 0.6) is 5.75 Å². The molecule has 3 nitrogen and oxygen atoms in total. The molecular formula is C20H19NO2. The Bertz CT molecular complexity index is 821. The van der Waals surface area contributed by atoms with Gasteiger partial charge in [-0.3, -0.25) is 4.98 Å². The Balaban J connectivity index is 1.94. The standard InChI is InChI=1S/C20H19NO2/c1-22-15-10-8-14(9-11-15)20-16-5-2-3-6-18(16)21-13-17(20)19-7-4-12-23-19/h2-3,5-6,8-11,13,19H,4,7,12H2,1H3/t19-/m1/s1. The lowest BCUT2D eigenvalue weighted by atomic mass is 9.93. The van der Waals surface area contributed by atoms with Gasteiger partial charge in [0.15, 0.2) is 0 Å². The van der Waals surface area contributed by atoms with Gasteiger partial charge >= 0.3 is 0 Å². The first-order chi connectivity index (χ1) is 11.4. The molecule has 3 aromatic rings. The molecule has 23 heavy (non-hydrogen) atoms. The summed E-state index contributed by atoms with van der Waals surface area (Å²) in [5.74, 6) is 0.866. The summed E-state index contributed by atoms with van der Waals surface area (Å²) >= 11 is 0. The third kappa shape index (κ3) is 2.57. The lowest BCUT2D eigenvalue weighted by Gasteiger charge is -2.17. The second kappa shape index (κ2) is 6.01. The van der Waals surface area contributed by atoms with Crippen molar-refractivity contribution in [2.24, 2.45) is 0 Å². The highest BCUT2D eigenvalue weighted by Crippen LogP contribution is 2.39. The minimum atomic E-state index is 0.143. The van der Waals surface area contributed by atoms with E-state index in [1.807, 2.05) is 24.4 Å². The average molecular weight is 305 g/mol. The van der Waals surface area contributed by atoms with E-state index in [2.05, 4.69) is 35.3 Å². The third-order valence-electron chi connectivity index (χ3n) is 4.46. The van der Waals surface area contributed by atoms with Crippen LogP contribution in [0, 0.1) is 0 Å². The SMILES string of the molecule is COc1ccc(-c2c([C@H]3CCCO3)cnc3ccccc23)cc1. The predicted octanol–water partition coefficient (Wildman–Crippen LogP) is 4.76. The quantitative estimate of drug-likeness (QED) is 0.699. The maximum Gasteiger partial charge on any atom is 0.118 e. The number of para-hydroxylation sites is 1. The van der Waals surface area contributed by atoms with E-state index < -0.39 is 0 Å². The molecule has 0 amide bonds. The van der Waals surface area contributed by atoms with Gasteiger partial charge in [0.1, 0.15) is 5.75 Å². The van der Waals surface area contributed by atoms with Crippen molar-refractivity contribution < 1.29 is 9.47 Å². The lowest BCUT2D eigenvalue weighted by Crippen LogP contribution is -2.01. The normalized spacial score (nSPS) is 17.5. The number of benzene rings is 2. The van der Waals surface area contributed by atoms with E-state index in [1.54, 1.807) is 7.11 Å². The Kier molecular flexibility index (Phi) is 3.72. The summed E-state index contributed by atoms with van der Waals surface area (Å²) in [5.41, 5.74) is 4.60. The maximum atomic E-state index is 5.93. The molecule has 1 saturated heterocycles. The summed E-state index contributed by atoms with van der Waals surface area (Å²) in [5, 5.41) is 1.17. The van der Waals surface area contributed by atoms with E-state index in [-0.39, 0.29) is 6.10 Å². The predicted molar refractivity (Wildman–Crippen MR) is 91.7 cm³/mol. The summed E-state index contributed by atoms with van der Waals surface area (Å²) < 4.78 is 11.2. The van der Waals surface area contributed by atoms with E-state index in [9.17, 15) is 0 Å². The van der Waals surface area contributed by atoms with Crippen LogP contribution < -0.4 is 4.74 Å². The third-order valence-corrected chi connectivity index (χ3v) is 4.46. The van der Waals surface area contributed by atoms with Crippen molar-refractivity contribution in [2.45, 2.75) is 18.9 Å². The molecule has 1 atom stereocenters. The van der Waals surface area contributed by atoms with Gasteiger partial charge in [0.05, 0.1) is 18.7 Å². The van der Waals surface area contributed by atoms with Crippen LogP contribution in [0.2, 0.25) is 0 Å². The van der Waals surface area contributed by atoms with E-state index in [0.29, 0.717) is 0 Å². The highest BCUT2D eigenvalue weighted by Gasteiger charge is 2.23. The van der Waals surface area contributed by atoms with Gasteiger partial charge in [-0.1, -0.05) is 30.3 Å². The topological polar surface area (TPSA) is 31.4 Å². The lowest BCUT2D eigenvalue weighted by molar-refractivity contribution is 0.112. The van der Waals surface area contributed by atoms with Gasteiger partial charge in [0.2, 0.25) is 0 Å². The summed E-state index contributed by atoms with van der Waals surface area (Å²) in [4.78, 5) is 4.64. The van der Waals surface area contributed by atoms with E-state index in [4.69, 9.17) is 9.47 Å². The number of aromatic nitrogens is 1. The monoisotopic (exact) mass is 305 g/mol. The Hall–Kier alpha value is -2.39. The van der Waals surface area contributed by atoms with Gasteiger partial charge in [0.25, 0.3) is 0 Å². The molecule has 2 heterocycles. The number of fused-ring (bicyclic) bond motifs is 1. The van der Waals surface area contributed by atoms with Gasteiger partial charge in [-0.15, -0.1) is 0 Å². The molecule has 0 aliphatic carbocycles. The fraction of sp³-hybridized carbons (Fsp3) is 0.250. The highest BCUT2D eigenvalue weighted by molar-refractivity contribution is 5.96. The van der Waals surface area contributed by atoms with Crippen LogP contribution in [-0.4, -0.2) is 18.7 Å². The molecule has 1 aromatic heterocycles. The van der Waals surface area contributed by atoms with Crippen molar-refractivity contribution in [1.29, 1.82) is 0 Å². The van der Waals surface area contributed by atoms with Crippen molar-refractivity contribution in [3.8, 4) is 16.9 Å². The van der Waals surface area contributed by atoms with Crippen LogP contribution in [-0.2, 0) is 4.74 Å². The van der Waals surface area contributed by atoms with E-state index in [1.165, 1.54) is 22.1 Å². The zero-order chi connectivity index (χ0) is 15.6. The number of nitrogens with zero attached hydrogens (tertiary/aromatic N) is 1. The Morgan fingerprint density at radius 2 is 1.91 bits per heavy atom. The molecule has 2 aromatic carbocycles. The summed E-state index contributed by atoms with van der Waals surface area (Å²) in [6, 6.07) is 16.5. The Labute approximate surface area is 135 Å². The van der Waals surface area contributed by atoms with Crippen molar-refractivity contribution in [2.75, 3.05) is 13.7 Å². The van der Waals surface area contributed by atoms with Crippen LogP contribution in [0.4, 0.5) is 0 Å². The van der Waals surface area contributed by atoms with Crippen LogP contribution >= 0.6 is 0 Å². The van der Waals surface area contributed by atoms with Crippen molar-refractivity contribution in [3.63, 3.8) is 0 Å². The summed E-state index contributed by atoms with van der Waals surface area (Å²) in [6.45, 7) is 0.833. The molecule has 1 aliphatic heterocycles. The zero-order valence-corrected chi connectivity index (χ0v) is 13.2. The van der Waals surface area contributed by atoms with Gasteiger partial charge in [-0.05, 0) is 42.2 Å². The Morgan fingerprint density at radius 1 is 1.09 bits per heavy atom. The van der Waals surface area contributed by atoms with Gasteiger partial charge < -0.3 is 9.47 Å². The molecule has 0 unspecified atom stereocenters. The van der Waals surface area contributed by atoms with E-state index >= 15 is 0 Å². The van der Waals surface area contributed by atoms with Crippen LogP contribution in [0.1, 0.15) is 24.5 Å². The summed E-state index contributed by atoms with van der Waals surface area (Å²) in [6.07, 6.45) is 4.30. The minimum absolute atomic E-state index is 0.143. The number of hydrogen-bond acceptors (Lipinski definition) is 3. The average Bonchev–Trinajstić information content (AvgIpc) is 3.15. The highest BCUT2D eigenvalue weighted by atomic mass is 16.5. The van der Waals surface area contributed by atoms with Crippen molar-refractivity contribution in [1.82, 2.24) is 4.98 Å². The van der Waals surface area contributed by atoms with Gasteiger partial charge in [0, 0.05) is 23.8 Å². The molecule has 0 saturated carbocycles. The largest absolute Gasteiger partial charge is 0.497 e. The molecule has 0 radical (unpaired) electrons. The van der Waals surface area contributed by atoms with Crippen LogP contribution in [0.15, 0.2) is 54.7 Å². The molecule has 0 bridgehead atoms. The van der Waals surface area contributed by atoms with Gasteiger partial charge in [-0.25, -0.2) is 0 Å². The van der Waals surface area contributed by atoms with Crippen molar-refractivity contribution >= 4 is 10.9 Å². The molecule has 0 N–H and O–H groups in total. The Morgan fingerprint density at radius 3 is 2.65 bits per heavy atom. The molecule has 3 heteroatoms. The fourth-order valence-electron chi connectivity index (χ4n) is 3.30. The minimum Gasteiger partial charge on any atom is -0.497 e. The first kappa shape index (κ1) is 14.2. The van der Waals surface area contributed by atoms with Crippen LogP contribution in [0.3, 0.4) is 0 Å². The first-order valence-electron chi connectivity index (χ1n) is 8.00. The second-order valence-corrected chi connectivity index (χ2v) is 5.84. The molecule has 4 rings (SSSR count). The zero-order valence-electron chi connectivity index (χ0n) is 13.2. The smallest absolute Gasteiger partial charge is 0.118 e. The molecule has 0 spiro atoms. The molecule has 1 fully saturated rings. The number of rotatable bonds is 3. The molecule has 116 valence electrons. The van der Waals surface area contributed by atoms with E-state index in [0.717, 1.165) is 30.7 Å². The second-order valence-electron chi connectivity index (χ2n) is 5.84. The number of hydrogen-bond donors (Lipinski definition) is 0. The fourth-order valence-corrected chi connectivity index (χ4v) is 3.30.